The number of amides is 2. The predicted octanol–water partition coefficient (Wildman–Crippen LogP) is -0.462. The third kappa shape index (κ3) is 7.30. The Morgan fingerprint density at radius 2 is 2.17 bits per heavy atom. The maximum atomic E-state index is 10.7. The van der Waals surface area contributed by atoms with Crippen LogP contribution in [0, 0.1) is 0 Å². The molecule has 0 aliphatic rings. The molecule has 2 amide bonds. The highest BCUT2D eigenvalue weighted by atomic mass is 35.5. The van der Waals surface area contributed by atoms with Crippen molar-refractivity contribution in [2.45, 2.75) is 12.8 Å². The van der Waals surface area contributed by atoms with Crippen molar-refractivity contribution in [3.05, 3.63) is 0 Å². The summed E-state index contributed by atoms with van der Waals surface area (Å²) >= 11 is 5.34. The lowest BCUT2D eigenvalue weighted by molar-refractivity contribution is -0.137. The van der Waals surface area contributed by atoms with Crippen LogP contribution in [0.25, 0.3) is 0 Å². The van der Waals surface area contributed by atoms with Crippen molar-refractivity contribution in [3.63, 3.8) is 0 Å². The highest BCUT2D eigenvalue weighted by Crippen LogP contribution is 1.90. The zero-order valence-electron chi connectivity index (χ0n) is 6.51. The number of primary amides is 1. The topological polar surface area (TPSA) is 81.4 Å². The van der Waals surface area contributed by atoms with Gasteiger partial charge in [-0.3, -0.25) is 14.4 Å². The van der Waals surface area contributed by atoms with Crippen molar-refractivity contribution in [3.8, 4) is 0 Å². The summed E-state index contributed by atoms with van der Waals surface area (Å²) in [6, 6.07) is 0. The quantitative estimate of drug-likeness (QED) is 0.444. The number of carbonyl (C=O) groups is 2. The van der Waals surface area contributed by atoms with Crippen LogP contribution in [0.3, 0.4) is 0 Å². The number of alkyl halides is 1. The van der Waals surface area contributed by atoms with Gasteiger partial charge in [-0.05, 0) is 6.42 Å². The molecule has 0 saturated heterocycles. The van der Waals surface area contributed by atoms with Crippen LogP contribution in [-0.4, -0.2) is 24.3 Å². The standard InChI is InChI=1S/C6H11ClN2O3/c7-3-1-2-6(11)9-12-4-5(8)10/h1-4H2,(H2,8,10)(H,9,11). The molecule has 0 bridgehead atoms. The monoisotopic (exact) mass is 194 g/mol. The summed E-state index contributed by atoms with van der Waals surface area (Å²) in [5.41, 5.74) is 6.79. The van der Waals surface area contributed by atoms with Gasteiger partial charge in [0.05, 0.1) is 0 Å². The molecule has 0 fully saturated rings. The molecule has 0 radical (unpaired) electrons. The molecule has 0 unspecified atom stereocenters. The SMILES string of the molecule is NC(=O)CONC(=O)CCCCl. The van der Waals surface area contributed by atoms with Crippen LogP contribution < -0.4 is 11.2 Å². The van der Waals surface area contributed by atoms with Gasteiger partial charge in [0.15, 0.2) is 6.61 Å². The van der Waals surface area contributed by atoms with Crippen LogP contribution >= 0.6 is 11.6 Å². The fourth-order valence-corrected chi connectivity index (χ4v) is 0.600. The Hall–Kier alpha value is -0.810. The van der Waals surface area contributed by atoms with Gasteiger partial charge in [-0.25, -0.2) is 5.48 Å². The summed E-state index contributed by atoms with van der Waals surface area (Å²) in [6.07, 6.45) is 0.857. The smallest absolute Gasteiger partial charge is 0.246 e. The summed E-state index contributed by atoms with van der Waals surface area (Å²) in [7, 11) is 0. The van der Waals surface area contributed by atoms with Gasteiger partial charge in [-0.1, -0.05) is 0 Å². The zero-order chi connectivity index (χ0) is 9.40. The molecule has 6 heteroatoms. The Labute approximate surface area is 75.1 Å². The first-order valence-electron chi connectivity index (χ1n) is 3.41. The second-order valence-corrected chi connectivity index (χ2v) is 2.45. The Morgan fingerprint density at radius 1 is 1.50 bits per heavy atom. The van der Waals surface area contributed by atoms with Crippen LogP contribution in [0.4, 0.5) is 0 Å². The van der Waals surface area contributed by atoms with E-state index in [4.69, 9.17) is 17.3 Å². The largest absolute Gasteiger partial charge is 0.368 e. The van der Waals surface area contributed by atoms with Crippen molar-refractivity contribution < 1.29 is 14.4 Å². The van der Waals surface area contributed by atoms with E-state index >= 15 is 0 Å². The van der Waals surface area contributed by atoms with E-state index in [9.17, 15) is 9.59 Å². The van der Waals surface area contributed by atoms with Crippen molar-refractivity contribution in [1.82, 2.24) is 5.48 Å². The lowest BCUT2D eigenvalue weighted by Gasteiger charge is -2.01. The van der Waals surface area contributed by atoms with E-state index in [0.29, 0.717) is 12.3 Å². The summed E-state index contributed by atoms with van der Waals surface area (Å²) in [5.74, 6) is -0.520. The molecule has 0 heterocycles. The number of hydrogen-bond donors (Lipinski definition) is 2. The van der Waals surface area contributed by atoms with Crippen molar-refractivity contribution in [2.24, 2.45) is 5.73 Å². The fraction of sp³-hybridized carbons (Fsp3) is 0.667. The van der Waals surface area contributed by atoms with Crippen LogP contribution in [0.1, 0.15) is 12.8 Å². The Morgan fingerprint density at radius 3 is 2.67 bits per heavy atom. The number of nitrogens with two attached hydrogens (primary N) is 1. The first-order chi connectivity index (χ1) is 5.66. The van der Waals surface area contributed by atoms with Crippen molar-refractivity contribution in [1.29, 1.82) is 0 Å². The molecule has 0 aromatic rings. The molecule has 0 aliphatic heterocycles. The van der Waals surface area contributed by atoms with Crippen LogP contribution in [0.15, 0.2) is 0 Å². The van der Waals surface area contributed by atoms with Gasteiger partial charge in [-0.15, -0.1) is 11.6 Å². The average molecular weight is 195 g/mol. The Balaban J connectivity index is 3.25. The lowest BCUT2D eigenvalue weighted by atomic mass is 10.3. The minimum absolute atomic E-state index is 0.280. The molecule has 0 aliphatic carbocycles. The molecule has 0 spiro atoms. The van der Waals surface area contributed by atoms with E-state index in [1.807, 2.05) is 0 Å². The van der Waals surface area contributed by atoms with E-state index < -0.39 is 5.91 Å². The highest BCUT2D eigenvalue weighted by Gasteiger charge is 2.00. The van der Waals surface area contributed by atoms with Crippen molar-refractivity contribution >= 4 is 23.4 Å². The predicted molar refractivity (Wildman–Crippen MR) is 43.2 cm³/mol. The molecular weight excluding hydrogens is 184 g/mol. The van der Waals surface area contributed by atoms with Crippen molar-refractivity contribution in [2.75, 3.05) is 12.5 Å². The normalized spacial score (nSPS) is 9.42. The number of hydrogen-bond acceptors (Lipinski definition) is 3. The number of carbonyl (C=O) groups excluding carboxylic acids is 2. The molecule has 0 saturated carbocycles. The zero-order valence-corrected chi connectivity index (χ0v) is 7.26. The lowest BCUT2D eigenvalue weighted by Crippen LogP contribution is -2.29. The van der Waals surface area contributed by atoms with Crippen LogP contribution in [0.2, 0.25) is 0 Å². The number of rotatable bonds is 6. The summed E-state index contributed by atoms with van der Waals surface area (Å²) < 4.78 is 0. The number of halogens is 1. The van der Waals surface area contributed by atoms with Crippen LogP contribution in [0.5, 0.6) is 0 Å². The molecule has 0 aromatic heterocycles. The summed E-state index contributed by atoms with van der Waals surface area (Å²) in [4.78, 5) is 25.3. The van der Waals surface area contributed by atoms with Gasteiger partial charge in [0.25, 0.3) is 0 Å². The first kappa shape index (κ1) is 11.2. The van der Waals surface area contributed by atoms with E-state index in [2.05, 4.69) is 10.3 Å². The van der Waals surface area contributed by atoms with Gasteiger partial charge in [0, 0.05) is 12.3 Å². The second kappa shape index (κ2) is 6.87. The number of nitrogens with one attached hydrogen (secondary N) is 1. The van der Waals surface area contributed by atoms with Gasteiger partial charge in [0.1, 0.15) is 0 Å². The second-order valence-electron chi connectivity index (χ2n) is 2.07. The maximum absolute atomic E-state index is 10.7. The maximum Gasteiger partial charge on any atom is 0.246 e. The summed E-state index contributed by atoms with van der Waals surface area (Å²) in [5, 5.41) is 0. The van der Waals surface area contributed by atoms with Gasteiger partial charge < -0.3 is 5.73 Å². The molecule has 0 atom stereocenters. The Kier molecular flexibility index (Phi) is 6.41. The minimum Gasteiger partial charge on any atom is -0.368 e. The highest BCUT2D eigenvalue weighted by molar-refractivity contribution is 6.17. The molecule has 0 aromatic carbocycles. The van der Waals surface area contributed by atoms with E-state index in [0.717, 1.165) is 0 Å². The molecule has 70 valence electrons. The van der Waals surface area contributed by atoms with Gasteiger partial charge in [0.2, 0.25) is 11.8 Å². The third-order valence-corrected chi connectivity index (χ3v) is 1.21. The molecule has 12 heavy (non-hydrogen) atoms. The van der Waals surface area contributed by atoms with E-state index in [1.165, 1.54) is 0 Å². The van der Waals surface area contributed by atoms with Crippen LogP contribution in [-0.2, 0) is 14.4 Å². The fourth-order valence-electron chi connectivity index (χ4n) is 0.466. The molecule has 3 N–H and O–H groups in total. The minimum atomic E-state index is -0.632. The summed E-state index contributed by atoms with van der Waals surface area (Å²) in [6.45, 7) is -0.313. The molecule has 0 rings (SSSR count). The van der Waals surface area contributed by atoms with E-state index in [1.54, 1.807) is 0 Å². The molecular formula is C6H11ClN2O3. The Bertz CT molecular complexity index is 163. The third-order valence-electron chi connectivity index (χ3n) is 0.938. The number of hydroxylamine groups is 1. The van der Waals surface area contributed by atoms with Gasteiger partial charge in [-0.2, -0.15) is 0 Å². The van der Waals surface area contributed by atoms with Gasteiger partial charge >= 0.3 is 0 Å². The van der Waals surface area contributed by atoms with E-state index in [-0.39, 0.29) is 18.9 Å². The average Bonchev–Trinajstić information content (AvgIpc) is 2.00. The first-order valence-corrected chi connectivity index (χ1v) is 3.95. The molecule has 5 nitrogen and oxygen atoms in total.